The minimum absolute atomic E-state index is 0.00981. The quantitative estimate of drug-likeness (QED) is 0.555. The Hall–Kier alpha value is -2.07. The molecule has 4 heteroatoms. The molecule has 0 fully saturated rings. The molecule has 0 N–H and O–H groups in total. The second kappa shape index (κ2) is 8.69. The van der Waals surface area contributed by atoms with Gasteiger partial charge in [-0.1, -0.05) is 42.0 Å². The molecule has 0 atom stereocenters. The number of hydrogen-bond donors (Lipinski definition) is 0. The van der Waals surface area contributed by atoms with Crippen LogP contribution < -0.4 is 0 Å². The van der Waals surface area contributed by atoms with Crippen molar-refractivity contribution < 1.29 is 9.59 Å². The third kappa shape index (κ3) is 5.24. The Bertz CT molecular complexity index is 693. The Balaban J connectivity index is 1.84. The number of amides is 1. The molecule has 0 unspecified atom stereocenters. The number of thioether (sulfide) groups is 1. The number of ketones is 1. The molecule has 0 saturated heterocycles. The van der Waals surface area contributed by atoms with E-state index in [0.717, 1.165) is 11.1 Å². The van der Waals surface area contributed by atoms with E-state index in [9.17, 15) is 9.59 Å². The van der Waals surface area contributed by atoms with Gasteiger partial charge in [-0.05, 0) is 30.9 Å². The molecule has 0 saturated carbocycles. The summed E-state index contributed by atoms with van der Waals surface area (Å²) in [4.78, 5) is 27.3. The van der Waals surface area contributed by atoms with Gasteiger partial charge in [0.15, 0.2) is 5.78 Å². The Labute approximate surface area is 148 Å². The van der Waals surface area contributed by atoms with Crippen molar-refractivity contribution in [1.29, 1.82) is 0 Å². The first-order chi connectivity index (χ1) is 11.5. The number of carbonyl (C=O) groups excluding carboxylic acids is 2. The Morgan fingerprint density at radius 2 is 1.58 bits per heavy atom. The summed E-state index contributed by atoms with van der Waals surface area (Å²) >= 11 is 1.69. The predicted molar refractivity (Wildman–Crippen MR) is 99.4 cm³/mol. The van der Waals surface area contributed by atoms with Gasteiger partial charge in [0.05, 0.1) is 0 Å². The van der Waals surface area contributed by atoms with Crippen molar-refractivity contribution in [2.24, 2.45) is 0 Å². The summed E-state index contributed by atoms with van der Waals surface area (Å²) in [5.74, 6) is 0.00507. The molecular formula is C20H23NO2S. The minimum atomic E-state index is -0.00981. The zero-order valence-electron chi connectivity index (χ0n) is 14.4. The molecule has 0 radical (unpaired) electrons. The van der Waals surface area contributed by atoms with Gasteiger partial charge < -0.3 is 4.90 Å². The van der Waals surface area contributed by atoms with Gasteiger partial charge in [-0.3, -0.25) is 9.59 Å². The largest absolute Gasteiger partial charge is 0.341 e. The van der Waals surface area contributed by atoms with Crippen LogP contribution in [0.3, 0.4) is 0 Å². The monoisotopic (exact) mass is 341 g/mol. The summed E-state index contributed by atoms with van der Waals surface area (Å²) in [6.07, 6.45) is 2.53. The Morgan fingerprint density at radius 1 is 0.958 bits per heavy atom. The average molecular weight is 341 g/mol. The van der Waals surface area contributed by atoms with Crippen LogP contribution in [0.2, 0.25) is 0 Å². The van der Waals surface area contributed by atoms with E-state index < -0.39 is 0 Å². The van der Waals surface area contributed by atoms with E-state index in [4.69, 9.17) is 0 Å². The van der Waals surface area contributed by atoms with E-state index in [1.54, 1.807) is 23.7 Å². The maximum absolute atomic E-state index is 12.2. The van der Waals surface area contributed by atoms with Crippen molar-refractivity contribution in [3.05, 3.63) is 65.2 Å². The number of rotatable bonds is 7. The first-order valence-electron chi connectivity index (χ1n) is 7.96. The number of hydrogen-bond acceptors (Lipinski definition) is 3. The maximum Gasteiger partial charge on any atom is 0.223 e. The topological polar surface area (TPSA) is 37.4 Å². The summed E-state index contributed by atoms with van der Waals surface area (Å²) in [7, 11) is 1.78. The molecule has 0 aliphatic heterocycles. The SMILES string of the molecule is CSc1ccc(CN(C)C(=O)CCC(=O)c2ccc(C)cc2)cc1. The zero-order valence-corrected chi connectivity index (χ0v) is 15.2. The van der Waals surface area contributed by atoms with E-state index in [0.29, 0.717) is 12.1 Å². The van der Waals surface area contributed by atoms with Crippen molar-refractivity contribution in [2.45, 2.75) is 31.2 Å². The van der Waals surface area contributed by atoms with Crippen LogP contribution in [0.4, 0.5) is 0 Å². The highest BCUT2D eigenvalue weighted by molar-refractivity contribution is 7.98. The fourth-order valence-electron chi connectivity index (χ4n) is 2.39. The lowest BCUT2D eigenvalue weighted by molar-refractivity contribution is -0.130. The molecule has 0 bridgehead atoms. The third-order valence-electron chi connectivity index (χ3n) is 3.94. The summed E-state index contributed by atoms with van der Waals surface area (Å²) in [6, 6.07) is 15.6. The summed E-state index contributed by atoms with van der Waals surface area (Å²) in [5, 5.41) is 0. The molecule has 0 spiro atoms. The minimum Gasteiger partial charge on any atom is -0.341 e. The highest BCUT2D eigenvalue weighted by Crippen LogP contribution is 2.16. The van der Waals surface area contributed by atoms with Crippen LogP contribution in [0.1, 0.15) is 34.3 Å². The third-order valence-corrected chi connectivity index (χ3v) is 4.69. The van der Waals surface area contributed by atoms with Crippen molar-refractivity contribution in [2.75, 3.05) is 13.3 Å². The van der Waals surface area contributed by atoms with Crippen LogP contribution in [0.15, 0.2) is 53.4 Å². The van der Waals surface area contributed by atoms with Crippen LogP contribution in [0, 0.1) is 6.92 Å². The van der Waals surface area contributed by atoms with Crippen LogP contribution in [0.5, 0.6) is 0 Å². The van der Waals surface area contributed by atoms with Gasteiger partial charge in [-0.2, -0.15) is 0 Å². The van der Waals surface area contributed by atoms with E-state index in [1.165, 1.54) is 4.90 Å². The molecule has 0 aromatic heterocycles. The molecule has 0 aliphatic carbocycles. The number of nitrogens with zero attached hydrogens (tertiary/aromatic N) is 1. The van der Waals surface area contributed by atoms with Gasteiger partial charge in [-0.25, -0.2) is 0 Å². The van der Waals surface area contributed by atoms with E-state index in [-0.39, 0.29) is 24.5 Å². The molecular weight excluding hydrogens is 318 g/mol. The Morgan fingerprint density at radius 3 is 2.17 bits per heavy atom. The van der Waals surface area contributed by atoms with Crippen LogP contribution >= 0.6 is 11.8 Å². The van der Waals surface area contributed by atoms with Crippen molar-refractivity contribution in [3.63, 3.8) is 0 Å². The fourth-order valence-corrected chi connectivity index (χ4v) is 2.80. The first-order valence-corrected chi connectivity index (χ1v) is 9.19. The average Bonchev–Trinajstić information content (AvgIpc) is 2.60. The zero-order chi connectivity index (χ0) is 17.5. The van der Waals surface area contributed by atoms with Crippen LogP contribution in [0.25, 0.3) is 0 Å². The lowest BCUT2D eigenvalue weighted by atomic mass is 10.0. The van der Waals surface area contributed by atoms with Gasteiger partial charge in [0.25, 0.3) is 0 Å². The van der Waals surface area contributed by atoms with Crippen LogP contribution in [-0.4, -0.2) is 29.9 Å². The predicted octanol–water partition coefficient (Wildman–Crippen LogP) is 4.34. The standard InChI is InChI=1S/C20H23NO2S/c1-15-4-8-17(9-5-15)19(22)12-13-20(23)21(2)14-16-6-10-18(24-3)11-7-16/h4-11H,12-14H2,1-3H3. The molecule has 0 aliphatic rings. The number of benzene rings is 2. The molecule has 126 valence electrons. The summed E-state index contributed by atoms with van der Waals surface area (Å²) in [6.45, 7) is 2.55. The number of Topliss-reactive ketones (excluding diaryl/α,β-unsaturated/α-hetero) is 1. The summed E-state index contributed by atoms with van der Waals surface area (Å²) < 4.78 is 0. The van der Waals surface area contributed by atoms with Gasteiger partial charge >= 0.3 is 0 Å². The highest BCUT2D eigenvalue weighted by atomic mass is 32.2. The van der Waals surface area contributed by atoms with Crippen molar-refractivity contribution in [1.82, 2.24) is 4.90 Å². The molecule has 1 amide bonds. The van der Waals surface area contributed by atoms with E-state index in [1.807, 2.05) is 49.6 Å². The molecule has 2 aromatic carbocycles. The van der Waals surface area contributed by atoms with Gasteiger partial charge in [0.1, 0.15) is 0 Å². The fraction of sp³-hybridized carbons (Fsp3) is 0.300. The van der Waals surface area contributed by atoms with Gasteiger partial charge in [-0.15, -0.1) is 11.8 Å². The van der Waals surface area contributed by atoms with Crippen molar-refractivity contribution in [3.8, 4) is 0 Å². The molecule has 3 nitrogen and oxygen atoms in total. The normalized spacial score (nSPS) is 10.5. The van der Waals surface area contributed by atoms with Gasteiger partial charge in [0.2, 0.25) is 5.91 Å². The van der Waals surface area contributed by atoms with Gasteiger partial charge in [0, 0.05) is 36.9 Å². The highest BCUT2D eigenvalue weighted by Gasteiger charge is 2.13. The van der Waals surface area contributed by atoms with Crippen LogP contribution in [-0.2, 0) is 11.3 Å². The molecule has 0 heterocycles. The molecule has 24 heavy (non-hydrogen) atoms. The molecule has 2 rings (SSSR count). The lowest BCUT2D eigenvalue weighted by Gasteiger charge is -2.17. The smallest absolute Gasteiger partial charge is 0.223 e. The molecule has 2 aromatic rings. The Kier molecular flexibility index (Phi) is 6.62. The van der Waals surface area contributed by atoms with E-state index in [2.05, 4.69) is 12.1 Å². The summed E-state index contributed by atoms with van der Waals surface area (Å²) in [5.41, 5.74) is 2.88. The first kappa shape index (κ1) is 18.3. The van der Waals surface area contributed by atoms with Crippen molar-refractivity contribution >= 4 is 23.5 Å². The maximum atomic E-state index is 12.2. The second-order valence-electron chi connectivity index (χ2n) is 5.89. The second-order valence-corrected chi connectivity index (χ2v) is 6.77. The number of aryl methyl sites for hydroxylation is 1. The number of carbonyl (C=O) groups is 2. The lowest BCUT2D eigenvalue weighted by Crippen LogP contribution is -2.26. The van der Waals surface area contributed by atoms with E-state index >= 15 is 0 Å².